The van der Waals surface area contributed by atoms with E-state index in [1.165, 1.54) is 0 Å². The highest BCUT2D eigenvalue weighted by Crippen LogP contribution is 2.10. The first-order chi connectivity index (χ1) is 6.67. The monoisotopic (exact) mass is 208 g/mol. The van der Waals surface area contributed by atoms with E-state index in [0.29, 0.717) is 4.90 Å². The molecule has 0 aliphatic rings. The van der Waals surface area contributed by atoms with Crippen LogP contribution in [0.1, 0.15) is 13.3 Å². The maximum atomic E-state index is 11.6. The van der Waals surface area contributed by atoms with Crippen molar-refractivity contribution in [2.24, 2.45) is 0 Å². The fourth-order valence-electron chi connectivity index (χ4n) is 0.934. The molecule has 1 rings (SSSR count). The SMILES string of the molecule is CCC=C=CS(=O)(=O)c1ccccc1. The molecule has 1 aromatic carbocycles. The zero-order chi connectivity index (χ0) is 10.4. The molecule has 0 heterocycles. The number of rotatable bonds is 3. The van der Waals surface area contributed by atoms with Crippen LogP contribution in [0.2, 0.25) is 0 Å². The zero-order valence-corrected chi connectivity index (χ0v) is 8.79. The largest absolute Gasteiger partial charge is 0.218 e. The van der Waals surface area contributed by atoms with Gasteiger partial charge in [-0.2, -0.15) is 0 Å². The number of benzene rings is 1. The summed E-state index contributed by atoms with van der Waals surface area (Å²) in [6, 6.07) is 8.32. The third-order valence-electron chi connectivity index (χ3n) is 1.62. The Bertz CT molecular complexity index is 437. The van der Waals surface area contributed by atoms with Gasteiger partial charge in [0.1, 0.15) is 0 Å². The average molecular weight is 208 g/mol. The van der Waals surface area contributed by atoms with Gasteiger partial charge in [-0.3, -0.25) is 0 Å². The number of sulfone groups is 1. The summed E-state index contributed by atoms with van der Waals surface area (Å²) in [6.07, 6.45) is 2.46. The molecule has 0 fully saturated rings. The van der Waals surface area contributed by atoms with Crippen LogP contribution in [0.3, 0.4) is 0 Å². The van der Waals surface area contributed by atoms with Gasteiger partial charge in [0.25, 0.3) is 0 Å². The average Bonchev–Trinajstić information content (AvgIpc) is 2.19. The molecule has 1 aromatic rings. The first-order valence-electron chi connectivity index (χ1n) is 4.38. The van der Waals surface area contributed by atoms with E-state index < -0.39 is 9.84 Å². The lowest BCUT2D eigenvalue weighted by molar-refractivity contribution is 0.604. The van der Waals surface area contributed by atoms with Crippen molar-refractivity contribution >= 4 is 9.84 Å². The predicted octanol–water partition coefficient (Wildman–Crippen LogP) is 2.54. The van der Waals surface area contributed by atoms with Crippen LogP contribution in [0, 0.1) is 0 Å². The molecule has 74 valence electrons. The van der Waals surface area contributed by atoms with Crippen LogP contribution in [-0.4, -0.2) is 8.42 Å². The first kappa shape index (κ1) is 10.8. The molecule has 14 heavy (non-hydrogen) atoms. The summed E-state index contributed by atoms with van der Waals surface area (Å²) >= 11 is 0. The Kier molecular flexibility index (Phi) is 3.69. The highest BCUT2D eigenvalue weighted by molar-refractivity contribution is 7.94. The van der Waals surface area contributed by atoms with Crippen LogP contribution in [0.15, 0.2) is 52.4 Å². The third-order valence-corrected chi connectivity index (χ3v) is 2.99. The molecular weight excluding hydrogens is 196 g/mol. The Morgan fingerprint density at radius 3 is 2.50 bits per heavy atom. The van der Waals surface area contributed by atoms with Crippen LogP contribution in [0.4, 0.5) is 0 Å². The molecule has 0 aliphatic heterocycles. The van der Waals surface area contributed by atoms with Crippen molar-refractivity contribution in [2.45, 2.75) is 18.2 Å². The van der Waals surface area contributed by atoms with E-state index >= 15 is 0 Å². The minimum Gasteiger partial charge on any atom is -0.218 e. The van der Waals surface area contributed by atoms with Gasteiger partial charge in [0.15, 0.2) is 0 Å². The molecule has 3 heteroatoms. The molecule has 0 spiro atoms. The Morgan fingerprint density at radius 1 is 1.29 bits per heavy atom. The van der Waals surface area contributed by atoms with Gasteiger partial charge in [0, 0.05) is 0 Å². The highest BCUT2D eigenvalue weighted by atomic mass is 32.2. The van der Waals surface area contributed by atoms with Crippen LogP contribution in [0.5, 0.6) is 0 Å². The van der Waals surface area contributed by atoms with Gasteiger partial charge in [-0.15, -0.1) is 5.73 Å². The quantitative estimate of drug-likeness (QED) is 0.715. The molecule has 0 bridgehead atoms. The van der Waals surface area contributed by atoms with Crippen molar-refractivity contribution in [1.29, 1.82) is 0 Å². The van der Waals surface area contributed by atoms with Crippen LogP contribution in [-0.2, 0) is 9.84 Å². The van der Waals surface area contributed by atoms with Crippen molar-refractivity contribution in [2.75, 3.05) is 0 Å². The zero-order valence-electron chi connectivity index (χ0n) is 7.97. The van der Waals surface area contributed by atoms with Gasteiger partial charge < -0.3 is 0 Å². The van der Waals surface area contributed by atoms with Gasteiger partial charge in [-0.05, 0) is 24.6 Å². The number of allylic oxidation sites excluding steroid dienone is 1. The molecule has 0 radical (unpaired) electrons. The lowest BCUT2D eigenvalue weighted by Gasteiger charge is -1.95. The van der Waals surface area contributed by atoms with E-state index in [0.717, 1.165) is 11.8 Å². The second kappa shape index (κ2) is 4.80. The van der Waals surface area contributed by atoms with Gasteiger partial charge in [-0.25, -0.2) is 8.42 Å². The van der Waals surface area contributed by atoms with E-state index in [1.54, 1.807) is 36.4 Å². The standard InChI is InChI=1S/C11H12O2S/c1-2-3-7-10-14(12,13)11-8-5-4-6-9-11/h3-6,8-10H,2H2,1H3. The minimum absolute atomic E-state index is 0.303. The van der Waals surface area contributed by atoms with Crippen molar-refractivity contribution in [3.63, 3.8) is 0 Å². The summed E-state index contributed by atoms with van der Waals surface area (Å²) < 4.78 is 23.1. The first-order valence-corrected chi connectivity index (χ1v) is 5.92. The van der Waals surface area contributed by atoms with E-state index in [2.05, 4.69) is 5.73 Å². The van der Waals surface area contributed by atoms with Gasteiger partial charge in [0.2, 0.25) is 9.84 Å². The smallest absolute Gasteiger partial charge is 0.207 e. The van der Waals surface area contributed by atoms with Crippen LogP contribution >= 0.6 is 0 Å². The number of hydrogen-bond acceptors (Lipinski definition) is 2. The topological polar surface area (TPSA) is 34.1 Å². The molecule has 0 N–H and O–H groups in total. The second-order valence-electron chi connectivity index (χ2n) is 2.75. The van der Waals surface area contributed by atoms with Crippen molar-refractivity contribution < 1.29 is 8.42 Å². The molecular formula is C11H12O2S. The summed E-state index contributed by atoms with van der Waals surface area (Å²) in [4.78, 5) is 0.303. The highest BCUT2D eigenvalue weighted by Gasteiger charge is 2.07. The summed E-state index contributed by atoms with van der Waals surface area (Å²) in [6.45, 7) is 1.93. The maximum Gasteiger partial charge on any atom is 0.207 e. The Balaban J connectivity index is 3.05. The summed E-state index contributed by atoms with van der Waals surface area (Å²) in [5, 5.41) is 1.10. The van der Waals surface area contributed by atoms with E-state index in [4.69, 9.17) is 0 Å². The van der Waals surface area contributed by atoms with E-state index in [9.17, 15) is 8.42 Å². The molecule has 0 amide bonds. The van der Waals surface area contributed by atoms with Gasteiger partial charge >= 0.3 is 0 Å². The Labute approximate surface area is 84.5 Å². The number of hydrogen-bond donors (Lipinski definition) is 0. The van der Waals surface area contributed by atoms with E-state index in [-0.39, 0.29) is 0 Å². The minimum atomic E-state index is -3.30. The van der Waals surface area contributed by atoms with Crippen molar-refractivity contribution in [3.05, 3.63) is 47.5 Å². The van der Waals surface area contributed by atoms with Gasteiger partial charge in [-0.1, -0.05) is 25.1 Å². The molecule has 0 saturated heterocycles. The van der Waals surface area contributed by atoms with Crippen LogP contribution in [0.25, 0.3) is 0 Å². The second-order valence-corrected chi connectivity index (χ2v) is 4.55. The third kappa shape index (κ3) is 2.87. The summed E-state index contributed by atoms with van der Waals surface area (Å²) in [5.41, 5.74) is 2.64. The lowest BCUT2D eigenvalue weighted by atomic mass is 10.4. The maximum absolute atomic E-state index is 11.6. The summed E-state index contributed by atoms with van der Waals surface area (Å²) in [7, 11) is -3.30. The summed E-state index contributed by atoms with van der Waals surface area (Å²) in [5.74, 6) is 0. The normalized spacial score (nSPS) is 10.4. The van der Waals surface area contributed by atoms with Crippen LogP contribution < -0.4 is 0 Å². The molecule has 0 aliphatic carbocycles. The molecule has 0 aromatic heterocycles. The molecule has 2 nitrogen and oxygen atoms in total. The fourth-order valence-corrected chi connectivity index (χ4v) is 1.88. The van der Waals surface area contributed by atoms with E-state index in [1.807, 2.05) is 6.92 Å². The van der Waals surface area contributed by atoms with Gasteiger partial charge in [0.05, 0.1) is 10.3 Å². The molecule has 0 atom stereocenters. The fraction of sp³-hybridized carbons (Fsp3) is 0.182. The van der Waals surface area contributed by atoms with Crippen molar-refractivity contribution in [1.82, 2.24) is 0 Å². The predicted molar refractivity (Wildman–Crippen MR) is 56.6 cm³/mol. The Morgan fingerprint density at radius 2 is 1.93 bits per heavy atom. The Hall–Kier alpha value is -1.31. The lowest BCUT2D eigenvalue weighted by Crippen LogP contribution is -1.94. The molecule has 0 saturated carbocycles. The molecule has 0 unspecified atom stereocenters. The van der Waals surface area contributed by atoms with Crippen molar-refractivity contribution in [3.8, 4) is 0 Å².